The molecule has 0 spiro atoms. The summed E-state index contributed by atoms with van der Waals surface area (Å²) in [4.78, 5) is 5.32. The van der Waals surface area contributed by atoms with E-state index in [1.165, 1.54) is 83.9 Å². The van der Waals surface area contributed by atoms with Crippen molar-refractivity contribution in [3.63, 3.8) is 0 Å². The minimum Gasteiger partial charge on any atom is -0.333 e. The smallest absolute Gasteiger partial charge is 0.226 e. The van der Waals surface area contributed by atoms with Crippen LogP contribution in [-0.2, 0) is 0 Å². The van der Waals surface area contributed by atoms with E-state index >= 15 is 0 Å². The van der Waals surface area contributed by atoms with Gasteiger partial charge in [0.1, 0.15) is 0 Å². The maximum absolute atomic E-state index is 2.67. The molecule has 0 fully saturated rings. The fourth-order valence-electron chi connectivity index (χ4n) is 11.0. The number of hydrogen-bond acceptors (Lipinski definition) is 2. The molecule has 0 radical (unpaired) electrons. The average molecular weight is 773 g/mol. The van der Waals surface area contributed by atoms with Crippen LogP contribution in [0.25, 0.3) is 33.4 Å². The van der Waals surface area contributed by atoms with Crippen molar-refractivity contribution in [1.29, 1.82) is 0 Å². The Balaban J connectivity index is 1.14. The topological polar surface area (TPSA) is 6.48 Å². The van der Waals surface area contributed by atoms with Crippen LogP contribution < -0.4 is 20.7 Å². The summed E-state index contributed by atoms with van der Waals surface area (Å²) < 4.78 is 0. The highest BCUT2D eigenvalue weighted by Gasteiger charge is 2.57. The third-order valence-corrected chi connectivity index (χ3v) is 13.8. The van der Waals surface area contributed by atoms with Gasteiger partial charge in [-0.3, -0.25) is 0 Å². The van der Waals surface area contributed by atoms with Crippen molar-refractivity contribution in [1.82, 2.24) is 0 Å². The Morgan fingerprint density at radius 1 is 0.550 bits per heavy atom. The second-order valence-electron chi connectivity index (χ2n) is 17.6. The van der Waals surface area contributed by atoms with Crippen molar-refractivity contribution in [3.8, 4) is 22.3 Å². The summed E-state index contributed by atoms with van der Waals surface area (Å²) in [6.45, 7) is 7.34. The average Bonchev–Trinajstić information content (AvgIpc) is 3.29. The number of nitrogens with zero attached hydrogens (tertiary/aromatic N) is 2. The standard InChI is InChI=1S/C57H49BN2/c1-39-15-13-22-45(35-39)47-27-33-54-52(38-47)58-51-37-46(42-18-9-5-10-19-42)26-32-53(51)59(49-30-31-50(40(2)36-49)44-20-11-6-12-21-44)55-23-14-34-57(3,56(55)58)60(54)48-28-24-43(25-29-48)41-16-7-4-8-17-41/h4-34,37-40,56H,35-36H2,1-3H3. The quantitative estimate of drug-likeness (QED) is 0.156. The Kier molecular flexibility index (Phi) is 8.89. The van der Waals surface area contributed by atoms with Crippen molar-refractivity contribution in [3.05, 3.63) is 223 Å². The molecule has 0 aromatic heterocycles. The Bertz CT molecular complexity index is 2810. The monoisotopic (exact) mass is 772 g/mol. The number of anilines is 3. The highest BCUT2D eigenvalue weighted by molar-refractivity contribution is 6.90. The zero-order valence-electron chi connectivity index (χ0n) is 34.7. The fourth-order valence-corrected chi connectivity index (χ4v) is 11.0. The number of benzene rings is 6. The molecule has 6 aromatic carbocycles. The lowest BCUT2D eigenvalue weighted by Gasteiger charge is -2.58. The SMILES string of the molecule is CC1C=CC=C(c2ccc3c(c2)B2c4cc(-c5ccccc5)ccc4N(C4=CC=C(c5ccccc5)C(C)C4)C4=CC=CC(C)(C24)N3c2ccc(-c3ccccc3)cc2)C1. The van der Waals surface area contributed by atoms with Crippen molar-refractivity contribution in [2.45, 2.75) is 45.0 Å². The van der Waals surface area contributed by atoms with Crippen molar-refractivity contribution < 1.29 is 0 Å². The Labute approximate surface area is 356 Å². The lowest BCUT2D eigenvalue weighted by atomic mass is 9.26. The van der Waals surface area contributed by atoms with Gasteiger partial charge in [0.25, 0.3) is 0 Å². The molecule has 3 heteroatoms. The normalized spacial score (nSPS) is 22.5. The second kappa shape index (κ2) is 14.6. The van der Waals surface area contributed by atoms with Crippen LogP contribution in [0, 0.1) is 11.8 Å². The maximum Gasteiger partial charge on any atom is 0.226 e. The van der Waals surface area contributed by atoms with E-state index in [-0.39, 0.29) is 18.1 Å². The summed E-state index contributed by atoms with van der Waals surface area (Å²) in [6, 6.07) is 56.6. The first-order valence-corrected chi connectivity index (χ1v) is 21.8. The van der Waals surface area contributed by atoms with Crippen LogP contribution in [0.15, 0.2) is 212 Å². The summed E-state index contributed by atoms with van der Waals surface area (Å²) in [5, 5.41) is 0. The minimum atomic E-state index is -0.372. The van der Waals surface area contributed by atoms with E-state index < -0.39 is 0 Å². The summed E-state index contributed by atoms with van der Waals surface area (Å²) in [6.07, 6.45) is 21.0. The molecule has 0 bridgehead atoms. The summed E-state index contributed by atoms with van der Waals surface area (Å²) in [5.41, 5.74) is 19.4. The molecular formula is C57H49BN2. The van der Waals surface area contributed by atoms with E-state index in [0.29, 0.717) is 11.8 Å². The largest absolute Gasteiger partial charge is 0.333 e. The van der Waals surface area contributed by atoms with Gasteiger partial charge in [0.05, 0.1) is 5.54 Å². The number of rotatable bonds is 6. The predicted molar refractivity (Wildman–Crippen MR) is 256 cm³/mol. The Morgan fingerprint density at radius 2 is 1.15 bits per heavy atom. The van der Waals surface area contributed by atoms with Gasteiger partial charge in [0, 0.05) is 34.3 Å². The van der Waals surface area contributed by atoms with E-state index in [1.807, 2.05) is 0 Å². The predicted octanol–water partition coefficient (Wildman–Crippen LogP) is 13.2. The molecule has 2 aliphatic heterocycles. The van der Waals surface area contributed by atoms with Gasteiger partial charge < -0.3 is 9.80 Å². The van der Waals surface area contributed by atoms with Crippen molar-refractivity contribution in [2.75, 3.05) is 9.80 Å². The number of hydrogen-bond donors (Lipinski definition) is 0. The molecule has 4 atom stereocenters. The highest BCUT2D eigenvalue weighted by Crippen LogP contribution is 2.55. The first-order valence-electron chi connectivity index (χ1n) is 21.8. The van der Waals surface area contributed by atoms with Gasteiger partial charge in [-0.2, -0.15) is 0 Å². The van der Waals surface area contributed by atoms with Crippen LogP contribution in [0.2, 0.25) is 5.82 Å². The van der Waals surface area contributed by atoms with Crippen LogP contribution in [-0.4, -0.2) is 12.3 Å². The molecule has 60 heavy (non-hydrogen) atoms. The van der Waals surface area contributed by atoms with Crippen molar-refractivity contribution in [2.24, 2.45) is 11.8 Å². The lowest BCUT2D eigenvalue weighted by molar-refractivity contribution is 0.532. The third kappa shape index (κ3) is 6.02. The van der Waals surface area contributed by atoms with Crippen LogP contribution in [0.3, 0.4) is 0 Å². The molecule has 3 aliphatic carbocycles. The van der Waals surface area contributed by atoms with Gasteiger partial charge in [-0.1, -0.05) is 178 Å². The molecule has 6 aromatic rings. The summed E-state index contributed by atoms with van der Waals surface area (Å²) in [7, 11) is 0. The lowest BCUT2D eigenvalue weighted by Crippen LogP contribution is -2.68. The molecule has 11 rings (SSSR count). The van der Waals surface area contributed by atoms with Crippen LogP contribution in [0.4, 0.5) is 17.1 Å². The Hall–Kier alpha value is -6.58. The van der Waals surface area contributed by atoms with E-state index in [1.54, 1.807) is 0 Å². The zero-order valence-corrected chi connectivity index (χ0v) is 34.7. The molecule has 0 saturated carbocycles. The van der Waals surface area contributed by atoms with E-state index in [0.717, 1.165) is 12.8 Å². The summed E-state index contributed by atoms with van der Waals surface area (Å²) in [5.74, 6) is 1.02. The number of fused-ring (bicyclic) bond motifs is 4. The van der Waals surface area contributed by atoms with Gasteiger partial charge in [-0.25, -0.2) is 0 Å². The molecule has 0 N–H and O–H groups in total. The van der Waals surface area contributed by atoms with E-state index in [9.17, 15) is 0 Å². The van der Waals surface area contributed by atoms with Gasteiger partial charge in [-0.15, -0.1) is 0 Å². The van der Waals surface area contributed by atoms with Crippen LogP contribution in [0.1, 0.15) is 44.7 Å². The minimum absolute atomic E-state index is 0.130. The van der Waals surface area contributed by atoms with Gasteiger partial charge in [0.15, 0.2) is 0 Å². The van der Waals surface area contributed by atoms with Crippen LogP contribution >= 0.6 is 0 Å². The number of allylic oxidation sites excluding steroid dienone is 10. The molecule has 2 nitrogen and oxygen atoms in total. The molecule has 0 amide bonds. The summed E-state index contributed by atoms with van der Waals surface area (Å²) >= 11 is 0. The molecule has 290 valence electrons. The first-order chi connectivity index (χ1) is 29.4. The van der Waals surface area contributed by atoms with Crippen molar-refractivity contribution >= 4 is 45.8 Å². The molecular weight excluding hydrogens is 723 g/mol. The van der Waals surface area contributed by atoms with Crippen LogP contribution in [0.5, 0.6) is 0 Å². The van der Waals surface area contributed by atoms with Gasteiger partial charge in [-0.05, 0) is 123 Å². The van der Waals surface area contributed by atoms with Gasteiger partial charge in [0.2, 0.25) is 6.71 Å². The zero-order chi connectivity index (χ0) is 40.4. The van der Waals surface area contributed by atoms with E-state index in [4.69, 9.17) is 0 Å². The first kappa shape index (κ1) is 36.5. The molecule has 2 heterocycles. The third-order valence-electron chi connectivity index (χ3n) is 13.8. The fraction of sp³-hybridized carbons (Fsp3) is 0.158. The highest BCUT2D eigenvalue weighted by atomic mass is 15.2. The second-order valence-corrected chi connectivity index (χ2v) is 17.6. The molecule has 4 unspecified atom stereocenters. The van der Waals surface area contributed by atoms with Gasteiger partial charge >= 0.3 is 0 Å². The molecule has 0 saturated heterocycles. The Morgan fingerprint density at radius 3 is 1.85 bits per heavy atom. The molecule has 5 aliphatic rings. The maximum atomic E-state index is 2.67. The van der Waals surface area contributed by atoms with E-state index in [2.05, 4.69) is 231 Å².